The topological polar surface area (TPSA) is 200 Å². The second kappa shape index (κ2) is 19.0. The van der Waals surface area contributed by atoms with Gasteiger partial charge in [0.05, 0.1) is 35.4 Å². The van der Waals surface area contributed by atoms with E-state index in [4.69, 9.17) is 19.6 Å². The van der Waals surface area contributed by atoms with E-state index in [2.05, 4.69) is 30.3 Å². The monoisotopic (exact) mass is 852 g/mol. The van der Waals surface area contributed by atoms with E-state index in [0.717, 1.165) is 67.9 Å². The smallest absolute Gasteiger partial charge is 0.241 e. The number of nitrogens with one attached hydrogen (secondary N) is 3. The van der Waals surface area contributed by atoms with E-state index in [0.29, 0.717) is 24.7 Å². The maximum Gasteiger partial charge on any atom is 0.241 e. The Hall–Kier alpha value is -5.94. The molecule has 2 aromatic heterocycles. The van der Waals surface area contributed by atoms with Crippen molar-refractivity contribution in [3.05, 3.63) is 142 Å². The van der Waals surface area contributed by atoms with Crippen LogP contribution in [0.3, 0.4) is 0 Å². The largest absolute Gasteiger partial charge is 0.497 e. The summed E-state index contributed by atoms with van der Waals surface area (Å²) in [6.45, 7) is 13.2. The highest BCUT2D eigenvalue weighted by Gasteiger charge is 2.22. The van der Waals surface area contributed by atoms with Gasteiger partial charge in [0.25, 0.3) is 0 Å². The lowest BCUT2D eigenvalue weighted by atomic mass is 10.1. The number of nitrogens with zero attached hydrogens (tertiary/aromatic N) is 4. The molecule has 4 aromatic carbocycles. The number of sulfonamides is 2. The average Bonchev–Trinajstić information content (AvgIpc) is 3.18. The Labute approximate surface area is 353 Å². The van der Waals surface area contributed by atoms with Crippen LogP contribution in [0.25, 0.3) is 0 Å². The van der Waals surface area contributed by atoms with Gasteiger partial charge in [0.1, 0.15) is 11.5 Å². The van der Waals surface area contributed by atoms with E-state index in [9.17, 15) is 16.8 Å². The zero-order valence-corrected chi connectivity index (χ0v) is 36.9. The molecule has 0 saturated carbocycles. The highest BCUT2D eigenvalue weighted by Crippen LogP contribution is 2.24. The zero-order valence-electron chi connectivity index (χ0n) is 35.3. The quantitative estimate of drug-likeness (QED) is 0.0889. The van der Waals surface area contributed by atoms with Gasteiger partial charge in [-0.2, -0.15) is 0 Å². The number of ether oxygens (including phenoxy) is 2. The van der Waals surface area contributed by atoms with Crippen LogP contribution in [0.1, 0.15) is 65.8 Å². The molecule has 0 unspecified atom stereocenters. The van der Waals surface area contributed by atoms with Crippen molar-refractivity contribution >= 4 is 43.3 Å². The Morgan fingerprint density at radius 3 is 1.37 bits per heavy atom. The zero-order chi connectivity index (χ0) is 43.8. The summed E-state index contributed by atoms with van der Waals surface area (Å²) in [4.78, 5) is 18.7. The van der Waals surface area contributed by atoms with Crippen molar-refractivity contribution in [2.24, 2.45) is 5.14 Å². The van der Waals surface area contributed by atoms with Crippen molar-refractivity contribution in [2.45, 2.75) is 76.6 Å². The molecule has 0 atom stereocenters. The number of aryl methyl sites for hydroxylation is 2. The molecule has 0 aliphatic rings. The van der Waals surface area contributed by atoms with Crippen LogP contribution in [0.4, 0.5) is 23.3 Å². The number of methoxy groups -OCH3 is 2. The summed E-state index contributed by atoms with van der Waals surface area (Å²) >= 11 is 0. The number of nitrogens with two attached hydrogens (primary N) is 1. The van der Waals surface area contributed by atoms with Gasteiger partial charge < -0.3 is 20.1 Å². The first kappa shape index (κ1) is 45.1. The summed E-state index contributed by atoms with van der Waals surface area (Å²) < 4.78 is 61.7. The predicted octanol–water partition coefficient (Wildman–Crippen LogP) is 7.60. The Kier molecular flexibility index (Phi) is 14.3. The van der Waals surface area contributed by atoms with Gasteiger partial charge in [-0.25, -0.2) is 46.6 Å². The maximum absolute atomic E-state index is 12.7. The lowest BCUT2D eigenvalue weighted by Gasteiger charge is -2.20. The number of anilines is 4. The van der Waals surface area contributed by atoms with Gasteiger partial charge in [0.2, 0.25) is 31.9 Å². The summed E-state index contributed by atoms with van der Waals surface area (Å²) in [6, 6.07) is 28.5. The molecule has 0 bridgehead atoms. The fourth-order valence-electron chi connectivity index (χ4n) is 5.94. The van der Waals surface area contributed by atoms with Gasteiger partial charge in [-0.05, 0) is 144 Å². The third-order valence-corrected chi connectivity index (χ3v) is 12.0. The number of benzene rings is 4. The first-order chi connectivity index (χ1) is 28.2. The van der Waals surface area contributed by atoms with E-state index in [-0.39, 0.29) is 9.79 Å². The van der Waals surface area contributed by atoms with E-state index in [1.165, 1.54) is 6.07 Å². The second-order valence-corrected chi connectivity index (χ2v) is 18.4. The average molecular weight is 853 g/mol. The van der Waals surface area contributed by atoms with Crippen LogP contribution < -0.4 is 30.0 Å². The highest BCUT2D eigenvalue weighted by molar-refractivity contribution is 7.89. The summed E-state index contributed by atoms with van der Waals surface area (Å²) in [5.74, 6) is 2.51. The van der Waals surface area contributed by atoms with E-state index >= 15 is 0 Å². The Morgan fingerprint density at radius 1 is 0.583 bits per heavy atom. The molecule has 0 radical (unpaired) electrons. The first-order valence-electron chi connectivity index (χ1n) is 19.0. The van der Waals surface area contributed by atoms with Gasteiger partial charge >= 0.3 is 0 Å². The molecular weight excluding hydrogens is 801 g/mol. The molecule has 0 aliphatic heterocycles. The van der Waals surface area contributed by atoms with Crippen molar-refractivity contribution in [1.29, 1.82) is 0 Å². The van der Waals surface area contributed by atoms with Gasteiger partial charge in [-0.1, -0.05) is 24.3 Å². The number of primary sulfonamides is 1. The second-order valence-electron chi connectivity index (χ2n) is 15.2. The van der Waals surface area contributed by atoms with Crippen LogP contribution in [0.2, 0.25) is 0 Å². The van der Waals surface area contributed by atoms with Crippen molar-refractivity contribution < 1.29 is 26.3 Å². The molecule has 0 aliphatic carbocycles. The lowest BCUT2D eigenvalue weighted by Crippen LogP contribution is -2.40. The normalized spacial score (nSPS) is 11.6. The standard InChI is InChI=1S/C24H30N4O3S.C20H22N4O3S/c1-16-17(2)25-23(26-19-10-12-20(31-6)13-11-19)27-22(16)15-18-8-7-9-21(14-18)32(29,30)28-24(3,4)5;1-13-14(2)22-20(23-16-7-9-17(27-3)10-8-16)24-19(13)12-15-5-4-6-18(11-15)28(21,25)26/h7-14,28H,15H2,1-6H3,(H,25,26,27);4-11H,12H2,1-3H3,(H2,21,25,26)(H,22,23,24). The van der Waals surface area contributed by atoms with Crippen LogP contribution >= 0.6 is 0 Å². The molecule has 0 amide bonds. The number of aromatic nitrogens is 4. The van der Waals surface area contributed by atoms with E-state index in [1.807, 2.05) is 109 Å². The fourth-order valence-corrected chi connectivity index (χ4v) is 8.02. The predicted molar refractivity (Wildman–Crippen MR) is 236 cm³/mol. The van der Waals surface area contributed by atoms with E-state index < -0.39 is 25.6 Å². The van der Waals surface area contributed by atoms with Crippen molar-refractivity contribution in [2.75, 3.05) is 24.9 Å². The third kappa shape index (κ3) is 12.5. The third-order valence-electron chi connectivity index (χ3n) is 9.29. The molecule has 6 aromatic rings. The van der Waals surface area contributed by atoms with Crippen LogP contribution in [-0.2, 0) is 32.9 Å². The minimum absolute atomic E-state index is 0.0880. The van der Waals surface area contributed by atoms with Crippen LogP contribution in [0.5, 0.6) is 11.5 Å². The number of hydrogen-bond donors (Lipinski definition) is 4. The Balaban J connectivity index is 0.000000230. The highest BCUT2D eigenvalue weighted by atomic mass is 32.2. The molecule has 0 saturated heterocycles. The molecule has 0 fully saturated rings. The first-order valence-corrected chi connectivity index (χ1v) is 22.0. The van der Waals surface area contributed by atoms with Gasteiger partial charge in [-0.15, -0.1) is 0 Å². The molecule has 5 N–H and O–H groups in total. The van der Waals surface area contributed by atoms with Gasteiger partial charge in [0, 0.05) is 41.1 Å². The molecule has 14 nitrogen and oxygen atoms in total. The molecule has 60 heavy (non-hydrogen) atoms. The van der Waals surface area contributed by atoms with E-state index in [1.54, 1.807) is 44.6 Å². The van der Waals surface area contributed by atoms with Crippen molar-refractivity contribution in [1.82, 2.24) is 24.7 Å². The number of rotatable bonds is 13. The molecule has 2 heterocycles. The summed E-state index contributed by atoms with van der Waals surface area (Å²) in [6.07, 6.45) is 0.960. The summed E-state index contributed by atoms with van der Waals surface area (Å²) in [5.41, 5.74) is 8.11. The molecule has 6 rings (SSSR count). The Bertz CT molecular complexity index is 2670. The maximum atomic E-state index is 12.7. The SMILES string of the molecule is COc1ccc(Nc2nc(C)c(C)c(Cc3cccc(S(=O)(=O)NC(C)(C)C)c3)n2)cc1.COc1ccc(Nc2nc(C)c(C)c(Cc3cccc(S(N)(=O)=O)c3)n2)cc1. The molecule has 16 heteroatoms. The molecule has 316 valence electrons. The molecule has 0 spiro atoms. The van der Waals surface area contributed by atoms with Crippen molar-refractivity contribution in [3.8, 4) is 11.5 Å². The fraction of sp³-hybridized carbons (Fsp3) is 0.273. The van der Waals surface area contributed by atoms with Crippen LogP contribution in [-0.4, -0.2) is 56.5 Å². The van der Waals surface area contributed by atoms with Crippen LogP contribution in [0.15, 0.2) is 107 Å². The minimum Gasteiger partial charge on any atom is -0.497 e. The molecular formula is C44H52N8O6S2. The van der Waals surface area contributed by atoms with Gasteiger partial charge in [0.15, 0.2) is 0 Å². The minimum atomic E-state index is -3.75. The Morgan fingerprint density at radius 2 is 0.983 bits per heavy atom. The van der Waals surface area contributed by atoms with Crippen molar-refractivity contribution in [3.63, 3.8) is 0 Å². The van der Waals surface area contributed by atoms with Crippen LogP contribution in [0, 0.1) is 27.7 Å². The van der Waals surface area contributed by atoms with Gasteiger partial charge in [-0.3, -0.25) is 0 Å². The summed E-state index contributed by atoms with van der Waals surface area (Å²) in [5, 5.41) is 11.7. The lowest BCUT2D eigenvalue weighted by molar-refractivity contribution is 0.415. The number of hydrogen-bond acceptors (Lipinski definition) is 12. The summed E-state index contributed by atoms with van der Waals surface area (Å²) in [7, 11) is -4.11.